The molecular weight excluding hydrogens is 447 g/mol. The highest BCUT2D eigenvalue weighted by molar-refractivity contribution is 14.1. The number of carbonyl (C=O) groups excluding carboxylic acids is 1. The summed E-state index contributed by atoms with van der Waals surface area (Å²) in [6.45, 7) is 10.7. The Labute approximate surface area is 178 Å². The maximum Gasteiger partial charge on any atom is 0.330 e. The Morgan fingerprint density at radius 2 is 2.00 bits per heavy atom. The molecule has 0 N–H and O–H groups in total. The molecule has 2 rings (SSSR count). The second-order valence-corrected chi connectivity index (χ2v) is 9.93. The molecule has 0 amide bonds. The molecule has 1 aromatic rings. The fraction of sp³-hybridized carbons (Fsp3) is 0.542. The molecule has 0 radical (unpaired) electrons. The summed E-state index contributed by atoms with van der Waals surface area (Å²) in [5.74, 6) is 0.747. The molecule has 148 valence electrons. The first-order chi connectivity index (χ1) is 12.8. The van der Waals surface area contributed by atoms with Crippen molar-refractivity contribution in [3.05, 3.63) is 58.2 Å². The van der Waals surface area contributed by atoms with Crippen LogP contribution in [0.2, 0.25) is 0 Å². The van der Waals surface area contributed by atoms with Gasteiger partial charge in [0, 0.05) is 12.0 Å². The van der Waals surface area contributed by atoms with Crippen LogP contribution in [-0.4, -0.2) is 12.1 Å². The van der Waals surface area contributed by atoms with E-state index in [1.807, 2.05) is 6.08 Å². The average Bonchev–Trinajstić information content (AvgIpc) is 2.61. The van der Waals surface area contributed by atoms with Crippen molar-refractivity contribution in [2.75, 3.05) is 0 Å². The molecule has 1 fully saturated rings. The first kappa shape index (κ1) is 22.2. The summed E-state index contributed by atoms with van der Waals surface area (Å²) in [4.78, 5) is 12.4. The number of unbranched alkanes of at least 4 members (excludes halogenated alkanes) is 1. The SMILES string of the molecule is C=C(I)CCC/C=C/C(=O)O[C@H]1C[C@@H](C)CC[C@@H]1C(C)(C)c1ccccc1. The molecule has 1 saturated carbocycles. The lowest BCUT2D eigenvalue weighted by Crippen LogP contribution is -2.43. The smallest absolute Gasteiger partial charge is 0.330 e. The number of halogens is 1. The van der Waals surface area contributed by atoms with Gasteiger partial charge in [-0.05, 0) is 75.2 Å². The zero-order valence-corrected chi connectivity index (χ0v) is 19.1. The summed E-state index contributed by atoms with van der Waals surface area (Å²) in [6, 6.07) is 10.6. The second-order valence-electron chi connectivity index (χ2n) is 8.40. The van der Waals surface area contributed by atoms with Gasteiger partial charge in [-0.15, -0.1) is 0 Å². The van der Waals surface area contributed by atoms with Crippen molar-refractivity contribution in [2.45, 2.75) is 70.8 Å². The van der Waals surface area contributed by atoms with Crippen molar-refractivity contribution in [3.8, 4) is 0 Å². The molecule has 1 aliphatic carbocycles. The van der Waals surface area contributed by atoms with E-state index >= 15 is 0 Å². The van der Waals surface area contributed by atoms with Gasteiger partial charge in [-0.2, -0.15) is 0 Å². The van der Waals surface area contributed by atoms with Crippen LogP contribution < -0.4 is 0 Å². The van der Waals surface area contributed by atoms with Crippen molar-refractivity contribution in [3.63, 3.8) is 0 Å². The third-order valence-electron chi connectivity index (χ3n) is 5.84. The molecule has 27 heavy (non-hydrogen) atoms. The van der Waals surface area contributed by atoms with Crippen molar-refractivity contribution in [1.82, 2.24) is 0 Å². The van der Waals surface area contributed by atoms with Gasteiger partial charge < -0.3 is 4.74 Å². The number of rotatable bonds is 8. The number of ether oxygens (including phenoxy) is 1. The lowest BCUT2D eigenvalue weighted by molar-refractivity contribution is -0.150. The Morgan fingerprint density at radius 3 is 2.67 bits per heavy atom. The van der Waals surface area contributed by atoms with Gasteiger partial charge in [-0.25, -0.2) is 4.79 Å². The number of allylic oxidation sites excluding steroid dienone is 2. The minimum absolute atomic E-state index is 0.0172. The number of benzene rings is 1. The van der Waals surface area contributed by atoms with Gasteiger partial charge >= 0.3 is 5.97 Å². The van der Waals surface area contributed by atoms with Gasteiger partial charge in [0.15, 0.2) is 0 Å². The Bertz CT molecular complexity index is 648. The second kappa shape index (κ2) is 10.4. The van der Waals surface area contributed by atoms with Gasteiger partial charge in [0.2, 0.25) is 0 Å². The first-order valence-corrected chi connectivity index (χ1v) is 11.1. The van der Waals surface area contributed by atoms with Gasteiger partial charge in [0.1, 0.15) is 6.10 Å². The van der Waals surface area contributed by atoms with Crippen molar-refractivity contribution < 1.29 is 9.53 Å². The highest BCUT2D eigenvalue weighted by Crippen LogP contribution is 2.43. The Kier molecular flexibility index (Phi) is 8.59. The van der Waals surface area contributed by atoms with E-state index in [2.05, 4.69) is 80.3 Å². The number of carbonyl (C=O) groups is 1. The van der Waals surface area contributed by atoms with Crippen LogP contribution in [0.25, 0.3) is 0 Å². The highest BCUT2D eigenvalue weighted by atomic mass is 127. The predicted molar refractivity (Wildman–Crippen MR) is 122 cm³/mol. The number of hydrogen-bond acceptors (Lipinski definition) is 2. The standard InChI is InChI=1S/C24H33IO2/c1-18-15-16-21(24(3,4)20-12-8-6-9-13-20)22(17-18)27-23(26)14-10-5-7-11-19(2)25/h6,8-10,12-14,18,21-22H,2,5,7,11,15-17H2,1,3-4H3/b14-10+/t18-,21-,22-/m0/s1. The zero-order valence-electron chi connectivity index (χ0n) is 16.9. The molecule has 3 atom stereocenters. The third-order valence-corrected chi connectivity index (χ3v) is 6.38. The maximum absolute atomic E-state index is 12.4. The van der Waals surface area contributed by atoms with Crippen molar-refractivity contribution >= 4 is 28.6 Å². The number of esters is 1. The molecule has 0 saturated heterocycles. The van der Waals surface area contributed by atoms with Gasteiger partial charge in [-0.3, -0.25) is 0 Å². The molecule has 0 unspecified atom stereocenters. The van der Waals surface area contributed by atoms with E-state index in [1.54, 1.807) is 6.08 Å². The van der Waals surface area contributed by atoms with E-state index in [0.29, 0.717) is 11.8 Å². The van der Waals surface area contributed by atoms with Crippen LogP contribution in [0.4, 0.5) is 0 Å². The minimum Gasteiger partial charge on any atom is -0.459 e. The van der Waals surface area contributed by atoms with Crippen LogP contribution in [0.3, 0.4) is 0 Å². The summed E-state index contributed by atoms with van der Waals surface area (Å²) < 4.78 is 7.12. The lowest BCUT2D eigenvalue weighted by Gasteiger charge is -2.43. The molecule has 0 heterocycles. The zero-order chi connectivity index (χ0) is 19.9. The summed E-state index contributed by atoms with van der Waals surface area (Å²) in [6.07, 6.45) is 9.69. The monoisotopic (exact) mass is 480 g/mol. The quantitative estimate of drug-likeness (QED) is 0.174. The van der Waals surface area contributed by atoms with Crippen molar-refractivity contribution in [1.29, 1.82) is 0 Å². The molecular formula is C24H33IO2. The van der Waals surface area contributed by atoms with E-state index in [9.17, 15) is 4.79 Å². The largest absolute Gasteiger partial charge is 0.459 e. The van der Waals surface area contributed by atoms with Gasteiger partial charge in [0.05, 0.1) is 0 Å². The van der Waals surface area contributed by atoms with Crippen LogP contribution in [0.15, 0.2) is 52.6 Å². The molecule has 0 spiro atoms. The lowest BCUT2D eigenvalue weighted by atomic mass is 9.64. The predicted octanol–water partition coefficient (Wildman–Crippen LogP) is 6.99. The molecule has 0 aliphatic heterocycles. The fourth-order valence-corrected chi connectivity index (χ4v) is 4.53. The Morgan fingerprint density at radius 1 is 1.30 bits per heavy atom. The highest BCUT2D eigenvalue weighted by Gasteiger charge is 2.41. The molecule has 1 aliphatic rings. The topological polar surface area (TPSA) is 26.3 Å². The Hall–Kier alpha value is -1.10. The summed E-state index contributed by atoms with van der Waals surface area (Å²) in [5, 5.41) is 0. The van der Waals surface area contributed by atoms with Gasteiger partial charge in [-0.1, -0.05) is 70.2 Å². The van der Waals surface area contributed by atoms with Crippen molar-refractivity contribution in [2.24, 2.45) is 11.8 Å². The first-order valence-electron chi connectivity index (χ1n) is 10.1. The van der Waals surface area contributed by atoms with Crippen LogP contribution in [-0.2, 0) is 14.9 Å². The van der Waals surface area contributed by atoms with Crippen LogP contribution in [0.1, 0.15) is 64.9 Å². The molecule has 0 aromatic heterocycles. The Balaban J connectivity index is 2.02. The van der Waals surface area contributed by atoms with Crippen LogP contribution >= 0.6 is 22.6 Å². The van der Waals surface area contributed by atoms with E-state index < -0.39 is 0 Å². The minimum atomic E-state index is -0.198. The maximum atomic E-state index is 12.4. The summed E-state index contributed by atoms with van der Waals surface area (Å²) in [7, 11) is 0. The number of hydrogen-bond donors (Lipinski definition) is 0. The molecule has 1 aromatic carbocycles. The summed E-state index contributed by atoms with van der Waals surface area (Å²) >= 11 is 2.25. The average molecular weight is 480 g/mol. The molecule has 2 nitrogen and oxygen atoms in total. The van der Waals surface area contributed by atoms with E-state index in [-0.39, 0.29) is 17.5 Å². The third kappa shape index (κ3) is 6.78. The molecule has 0 bridgehead atoms. The fourth-order valence-electron chi connectivity index (χ4n) is 4.15. The van der Waals surface area contributed by atoms with E-state index in [1.165, 1.54) is 12.0 Å². The van der Waals surface area contributed by atoms with Crippen LogP contribution in [0.5, 0.6) is 0 Å². The molecule has 3 heteroatoms. The normalized spacial score (nSPS) is 23.3. The van der Waals surface area contributed by atoms with Gasteiger partial charge in [0.25, 0.3) is 0 Å². The van der Waals surface area contributed by atoms with E-state index in [0.717, 1.165) is 35.7 Å². The van der Waals surface area contributed by atoms with Crippen LogP contribution in [0, 0.1) is 11.8 Å². The summed E-state index contributed by atoms with van der Waals surface area (Å²) in [5.41, 5.74) is 1.30. The van der Waals surface area contributed by atoms with E-state index in [4.69, 9.17) is 4.74 Å².